The monoisotopic (exact) mass is 179 g/mol. The maximum absolute atomic E-state index is 9.79. The van der Waals surface area contributed by atoms with Crippen LogP contribution in [0.25, 0.3) is 0 Å². The summed E-state index contributed by atoms with van der Waals surface area (Å²) in [6, 6.07) is 2.06. The first-order valence-corrected chi connectivity index (χ1v) is 4.05. The molecule has 1 rings (SSSR count). The first-order valence-electron chi connectivity index (χ1n) is 4.05. The molecule has 1 unspecified atom stereocenters. The van der Waals surface area contributed by atoms with E-state index >= 15 is 0 Å². The first-order chi connectivity index (χ1) is 5.97. The fourth-order valence-electron chi connectivity index (χ4n) is 1.06. The number of nitriles is 1. The lowest BCUT2D eigenvalue weighted by molar-refractivity contribution is 0.0867. The summed E-state index contributed by atoms with van der Waals surface area (Å²) in [6.07, 6.45) is 2.50. The molecule has 0 saturated heterocycles. The highest BCUT2D eigenvalue weighted by Crippen LogP contribution is 2.31. The van der Waals surface area contributed by atoms with Gasteiger partial charge in [-0.3, -0.25) is 4.68 Å². The third-order valence-electron chi connectivity index (χ3n) is 2.01. The molecule has 0 fully saturated rings. The molecular formula is C9H13N3O. The number of hydrogen-bond acceptors (Lipinski definition) is 3. The predicted molar refractivity (Wildman–Crippen MR) is 47.6 cm³/mol. The lowest BCUT2D eigenvalue weighted by Crippen LogP contribution is -2.19. The minimum absolute atomic E-state index is 0.675. The zero-order valence-electron chi connectivity index (χ0n) is 8.02. The third kappa shape index (κ3) is 1.87. The van der Waals surface area contributed by atoms with Gasteiger partial charge in [-0.1, -0.05) is 0 Å². The van der Waals surface area contributed by atoms with Crippen LogP contribution in [0.2, 0.25) is 0 Å². The van der Waals surface area contributed by atoms with Crippen LogP contribution in [0.5, 0.6) is 0 Å². The topological polar surface area (TPSA) is 61.8 Å². The van der Waals surface area contributed by atoms with Gasteiger partial charge < -0.3 is 5.11 Å². The molecule has 13 heavy (non-hydrogen) atoms. The molecule has 1 aromatic rings. The molecule has 4 nitrogen and oxygen atoms in total. The average Bonchev–Trinajstić information content (AvgIpc) is 2.50. The number of nitrogens with zero attached hydrogens (tertiary/aromatic N) is 3. The van der Waals surface area contributed by atoms with Gasteiger partial charge >= 0.3 is 0 Å². The van der Waals surface area contributed by atoms with E-state index in [4.69, 9.17) is 5.26 Å². The standard InChI is InChI=1S/C9H13N3O/c1-9(2,6-10)8(13)7-4-11-12(3)5-7/h4-5,8,13H,1-3H3. The smallest absolute Gasteiger partial charge is 0.100 e. The van der Waals surface area contributed by atoms with Crippen molar-refractivity contribution in [1.29, 1.82) is 5.26 Å². The second kappa shape index (κ2) is 3.19. The van der Waals surface area contributed by atoms with Gasteiger partial charge in [0.25, 0.3) is 0 Å². The van der Waals surface area contributed by atoms with Crippen molar-refractivity contribution >= 4 is 0 Å². The van der Waals surface area contributed by atoms with Gasteiger partial charge in [-0.2, -0.15) is 10.4 Å². The summed E-state index contributed by atoms with van der Waals surface area (Å²) < 4.78 is 1.60. The van der Waals surface area contributed by atoms with Gasteiger partial charge in [0.15, 0.2) is 0 Å². The maximum Gasteiger partial charge on any atom is 0.100 e. The largest absolute Gasteiger partial charge is 0.387 e. The summed E-state index contributed by atoms with van der Waals surface area (Å²) in [7, 11) is 1.77. The van der Waals surface area contributed by atoms with E-state index in [1.807, 2.05) is 0 Å². The molecule has 0 radical (unpaired) electrons. The van der Waals surface area contributed by atoms with E-state index in [-0.39, 0.29) is 0 Å². The molecule has 70 valence electrons. The summed E-state index contributed by atoms with van der Waals surface area (Å²) in [5.41, 5.74) is -0.0997. The predicted octanol–water partition coefficient (Wildman–Crippen LogP) is 1.00. The van der Waals surface area contributed by atoms with Gasteiger partial charge in [-0.05, 0) is 13.8 Å². The highest BCUT2D eigenvalue weighted by atomic mass is 16.3. The van der Waals surface area contributed by atoms with Crippen LogP contribution in [0, 0.1) is 16.7 Å². The number of aryl methyl sites for hydroxylation is 1. The van der Waals surface area contributed by atoms with Crippen molar-refractivity contribution in [1.82, 2.24) is 9.78 Å². The van der Waals surface area contributed by atoms with E-state index in [0.717, 1.165) is 0 Å². The summed E-state index contributed by atoms with van der Waals surface area (Å²) >= 11 is 0. The van der Waals surface area contributed by atoms with Gasteiger partial charge in [-0.15, -0.1) is 0 Å². The van der Waals surface area contributed by atoms with Crippen molar-refractivity contribution in [2.45, 2.75) is 20.0 Å². The van der Waals surface area contributed by atoms with Gasteiger partial charge in [0.1, 0.15) is 6.10 Å². The molecule has 1 atom stereocenters. The fourth-order valence-corrected chi connectivity index (χ4v) is 1.06. The Balaban J connectivity index is 2.92. The third-order valence-corrected chi connectivity index (χ3v) is 2.01. The van der Waals surface area contributed by atoms with Crippen molar-refractivity contribution in [3.63, 3.8) is 0 Å². The summed E-state index contributed by atoms with van der Waals surface area (Å²) in [5.74, 6) is 0. The van der Waals surface area contributed by atoms with Crippen molar-refractivity contribution < 1.29 is 5.11 Å². The van der Waals surface area contributed by atoms with Crippen LogP contribution in [-0.4, -0.2) is 14.9 Å². The molecule has 4 heteroatoms. The Labute approximate surface area is 77.4 Å². The van der Waals surface area contributed by atoms with E-state index in [9.17, 15) is 5.11 Å². The Hall–Kier alpha value is -1.34. The number of hydrogen-bond donors (Lipinski definition) is 1. The van der Waals surface area contributed by atoms with Crippen LogP contribution < -0.4 is 0 Å². The quantitative estimate of drug-likeness (QED) is 0.736. The minimum atomic E-state index is -0.786. The van der Waals surface area contributed by atoms with E-state index < -0.39 is 11.5 Å². The van der Waals surface area contributed by atoms with E-state index in [0.29, 0.717) is 5.56 Å². The lowest BCUT2D eigenvalue weighted by Gasteiger charge is -2.21. The Morgan fingerprint density at radius 2 is 2.31 bits per heavy atom. The molecular weight excluding hydrogens is 166 g/mol. The summed E-state index contributed by atoms with van der Waals surface area (Å²) in [5, 5.41) is 22.5. The second-order valence-electron chi connectivity index (χ2n) is 3.68. The van der Waals surface area contributed by atoms with Gasteiger partial charge in [0.2, 0.25) is 0 Å². The SMILES string of the molecule is Cn1cc(C(O)C(C)(C)C#N)cn1. The highest BCUT2D eigenvalue weighted by Gasteiger charge is 2.29. The van der Waals surface area contributed by atoms with E-state index in [2.05, 4.69) is 11.2 Å². The minimum Gasteiger partial charge on any atom is -0.387 e. The Morgan fingerprint density at radius 3 is 2.69 bits per heavy atom. The number of rotatable bonds is 2. The Kier molecular flexibility index (Phi) is 2.39. The van der Waals surface area contributed by atoms with Gasteiger partial charge in [-0.25, -0.2) is 0 Å². The Morgan fingerprint density at radius 1 is 1.69 bits per heavy atom. The van der Waals surface area contributed by atoms with Crippen molar-refractivity contribution in [2.75, 3.05) is 0 Å². The molecule has 1 heterocycles. The lowest BCUT2D eigenvalue weighted by atomic mass is 9.85. The maximum atomic E-state index is 9.79. The van der Waals surface area contributed by atoms with Crippen LogP contribution >= 0.6 is 0 Å². The Bertz CT molecular complexity index is 335. The van der Waals surface area contributed by atoms with Gasteiger partial charge in [0.05, 0.1) is 17.7 Å². The molecule has 0 aliphatic rings. The molecule has 0 spiro atoms. The molecule has 0 saturated carbocycles. The number of aliphatic hydroxyl groups excluding tert-OH is 1. The summed E-state index contributed by atoms with van der Waals surface area (Å²) in [6.45, 7) is 3.40. The molecule has 0 aromatic carbocycles. The fraction of sp³-hybridized carbons (Fsp3) is 0.556. The number of aliphatic hydroxyl groups is 1. The van der Waals surface area contributed by atoms with Gasteiger partial charge in [0, 0.05) is 18.8 Å². The van der Waals surface area contributed by atoms with Crippen molar-refractivity contribution in [3.8, 4) is 6.07 Å². The molecule has 1 N–H and O–H groups in total. The van der Waals surface area contributed by atoms with E-state index in [1.165, 1.54) is 0 Å². The van der Waals surface area contributed by atoms with Crippen molar-refractivity contribution in [2.24, 2.45) is 12.5 Å². The van der Waals surface area contributed by atoms with Crippen LogP contribution in [0.4, 0.5) is 0 Å². The normalized spacial score (nSPS) is 13.8. The highest BCUT2D eigenvalue weighted by molar-refractivity contribution is 5.15. The van der Waals surface area contributed by atoms with Crippen LogP contribution in [0.1, 0.15) is 25.5 Å². The molecule has 0 aliphatic carbocycles. The molecule has 1 aromatic heterocycles. The average molecular weight is 179 g/mol. The summed E-state index contributed by atoms with van der Waals surface area (Å²) in [4.78, 5) is 0. The zero-order chi connectivity index (χ0) is 10.1. The van der Waals surface area contributed by atoms with Crippen LogP contribution in [0.15, 0.2) is 12.4 Å². The van der Waals surface area contributed by atoms with E-state index in [1.54, 1.807) is 38.0 Å². The zero-order valence-corrected chi connectivity index (χ0v) is 8.02. The molecule has 0 bridgehead atoms. The number of aromatic nitrogens is 2. The van der Waals surface area contributed by atoms with Crippen LogP contribution in [0.3, 0.4) is 0 Å². The van der Waals surface area contributed by atoms with Crippen molar-refractivity contribution in [3.05, 3.63) is 18.0 Å². The first kappa shape index (κ1) is 9.75. The second-order valence-corrected chi connectivity index (χ2v) is 3.68. The molecule has 0 amide bonds. The molecule has 0 aliphatic heterocycles. The van der Waals surface area contributed by atoms with Crippen LogP contribution in [-0.2, 0) is 7.05 Å².